The SMILES string of the molecule is COc1ccc(COC(=O)OCc2ccc3c(c2)Cc2ccccc2-3)cc1. The van der Waals surface area contributed by atoms with Crippen molar-refractivity contribution >= 4 is 6.16 Å². The molecule has 4 nitrogen and oxygen atoms in total. The van der Waals surface area contributed by atoms with Crippen molar-refractivity contribution in [3.8, 4) is 16.9 Å². The molecule has 1 aliphatic rings. The molecule has 4 heteroatoms. The molecule has 0 aliphatic heterocycles. The molecule has 0 atom stereocenters. The lowest BCUT2D eigenvalue weighted by atomic mass is 10.0. The van der Waals surface area contributed by atoms with Gasteiger partial charge in [-0.1, -0.05) is 54.6 Å². The Morgan fingerprint density at radius 2 is 1.48 bits per heavy atom. The molecule has 0 bridgehead atoms. The van der Waals surface area contributed by atoms with E-state index in [0.717, 1.165) is 23.3 Å². The van der Waals surface area contributed by atoms with E-state index in [0.29, 0.717) is 0 Å². The number of ether oxygens (including phenoxy) is 3. The normalized spacial score (nSPS) is 11.4. The number of benzene rings is 3. The Labute approximate surface area is 158 Å². The smallest absolute Gasteiger partial charge is 0.497 e. The summed E-state index contributed by atoms with van der Waals surface area (Å²) in [7, 11) is 1.61. The highest BCUT2D eigenvalue weighted by Gasteiger charge is 2.18. The van der Waals surface area contributed by atoms with Gasteiger partial charge in [0, 0.05) is 0 Å². The Balaban J connectivity index is 1.31. The van der Waals surface area contributed by atoms with E-state index in [1.165, 1.54) is 22.3 Å². The zero-order chi connectivity index (χ0) is 18.6. The molecule has 0 radical (unpaired) electrons. The third-order valence-corrected chi connectivity index (χ3v) is 4.73. The van der Waals surface area contributed by atoms with Crippen molar-refractivity contribution in [1.29, 1.82) is 0 Å². The van der Waals surface area contributed by atoms with Crippen LogP contribution in [0.1, 0.15) is 22.3 Å². The molecule has 3 aromatic rings. The van der Waals surface area contributed by atoms with Crippen LogP contribution in [0.2, 0.25) is 0 Å². The standard InChI is InChI=1S/C23H20O4/c1-25-20-9-6-16(7-10-20)14-26-23(24)27-15-17-8-11-22-19(12-17)13-18-4-2-3-5-21(18)22/h2-12H,13-15H2,1H3. The highest BCUT2D eigenvalue weighted by Crippen LogP contribution is 2.36. The molecular weight excluding hydrogens is 340 g/mol. The van der Waals surface area contributed by atoms with Gasteiger partial charge in [-0.15, -0.1) is 0 Å². The number of hydrogen-bond donors (Lipinski definition) is 0. The van der Waals surface area contributed by atoms with Gasteiger partial charge in [0.05, 0.1) is 7.11 Å². The largest absolute Gasteiger partial charge is 0.508 e. The average molecular weight is 360 g/mol. The Bertz CT molecular complexity index is 960. The molecule has 0 saturated carbocycles. The molecule has 3 aromatic carbocycles. The fourth-order valence-electron chi connectivity index (χ4n) is 3.34. The summed E-state index contributed by atoms with van der Waals surface area (Å²) in [5, 5.41) is 0. The molecule has 0 fully saturated rings. The van der Waals surface area contributed by atoms with Gasteiger partial charge in [0.2, 0.25) is 0 Å². The fraction of sp³-hybridized carbons (Fsp3) is 0.174. The van der Waals surface area contributed by atoms with Gasteiger partial charge in [0.15, 0.2) is 0 Å². The molecule has 0 unspecified atom stereocenters. The van der Waals surface area contributed by atoms with Crippen LogP contribution in [0.5, 0.6) is 5.75 Å². The molecule has 0 saturated heterocycles. The van der Waals surface area contributed by atoms with Gasteiger partial charge >= 0.3 is 6.16 Å². The molecule has 0 aromatic heterocycles. The van der Waals surface area contributed by atoms with Gasteiger partial charge in [-0.25, -0.2) is 4.79 Å². The fourth-order valence-corrected chi connectivity index (χ4v) is 3.34. The van der Waals surface area contributed by atoms with Crippen molar-refractivity contribution in [3.05, 3.63) is 89.0 Å². The maximum atomic E-state index is 11.9. The molecule has 27 heavy (non-hydrogen) atoms. The summed E-state index contributed by atoms with van der Waals surface area (Å²) in [6.45, 7) is 0.368. The van der Waals surface area contributed by atoms with Gasteiger partial charge in [0.25, 0.3) is 0 Å². The first-order valence-corrected chi connectivity index (χ1v) is 8.85. The van der Waals surface area contributed by atoms with Gasteiger partial charge in [-0.3, -0.25) is 0 Å². The van der Waals surface area contributed by atoms with Crippen LogP contribution in [0.15, 0.2) is 66.7 Å². The maximum Gasteiger partial charge on any atom is 0.508 e. The summed E-state index contributed by atoms with van der Waals surface area (Å²) >= 11 is 0. The number of rotatable bonds is 5. The van der Waals surface area contributed by atoms with Crippen molar-refractivity contribution in [2.24, 2.45) is 0 Å². The highest BCUT2D eigenvalue weighted by atomic mass is 16.7. The number of carbonyl (C=O) groups excluding carboxylic acids is 1. The van der Waals surface area contributed by atoms with Gasteiger partial charge in [0.1, 0.15) is 19.0 Å². The second-order valence-corrected chi connectivity index (χ2v) is 6.50. The molecule has 136 valence electrons. The van der Waals surface area contributed by atoms with Gasteiger partial charge in [-0.05, 0) is 51.9 Å². The molecule has 1 aliphatic carbocycles. The summed E-state index contributed by atoms with van der Waals surface area (Å²) in [6, 6.07) is 22.0. The third kappa shape index (κ3) is 3.80. The lowest BCUT2D eigenvalue weighted by Gasteiger charge is -2.08. The van der Waals surface area contributed by atoms with Crippen LogP contribution in [-0.2, 0) is 29.1 Å². The van der Waals surface area contributed by atoms with E-state index in [2.05, 4.69) is 36.4 Å². The highest BCUT2D eigenvalue weighted by molar-refractivity contribution is 5.76. The van der Waals surface area contributed by atoms with Crippen molar-refractivity contribution in [2.45, 2.75) is 19.6 Å². The van der Waals surface area contributed by atoms with Crippen LogP contribution in [0.4, 0.5) is 4.79 Å². The first-order valence-electron chi connectivity index (χ1n) is 8.85. The molecule has 0 amide bonds. The third-order valence-electron chi connectivity index (χ3n) is 4.73. The van der Waals surface area contributed by atoms with Crippen molar-refractivity contribution in [2.75, 3.05) is 7.11 Å². The van der Waals surface area contributed by atoms with Crippen LogP contribution >= 0.6 is 0 Å². The van der Waals surface area contributed by atoms with Crippen LogP contribution < -0.4 is 4.74 Å². The Morgan fingerprint density at radius 1 is 0.815 bits per heavy atom. The minimum Gasteiger partial charge on any atom is -0.497 e. The molecule has 0 heterocycles. The first kappa shape index (κ1) is 17.2. The van der Waals surface area contributed by atoms with E-state index in [4.69, 9.17) is 14.2 Å². The molecule has 0 N–H and O–H groups in total. The monoisotopic (exact) mass is 360 g/mol. The summed E-state index contributed by atoms with van der Waals surface area (Å²) < 4.78 is 15.5. The number of fused-ring (bicyclic) bond motifs is 3. The van der Waals surface area contributed by atoms with Crippen molar-refractivity contribution < 1.29 is 19.0 Å². The zero-order valence-corrected chi connectivity index (χ0v) is 15.1. The first-order chi connectivity index (χ1) is 13.2. The average Bonchev–Trinajstić information content (AvgIpc) is 3.09. The second kappa shape index (κ2) is 7.54. The minimum absolute atomic E-state index is 0.169. The number of methoxy groups -OCH3 is 1. The van der Waals surface area contributed by atoms with E-state index >= 15 is 0 Å². The van der Waals surface area contributed by atoms with Gasteiger partial charge in [-0.2, -0.15) is 0 Å². The number of hydrogen-bond acceptors (Lipinski definition) is 4. The van der Waals surface area contributed by atoms with Crippen LogP contribution in [-0.4, -0.2) is 13.3 Å². The van der Waals surface area contributed by atoms with Crippen LogP contribution in [0.25, 0.3) is 11.1 Å². The predicted molar refractivity (Wildman–Crippen MR) is 103 cm³/mol. The maximum absolute atomic E-state index is 11.9. The quantitative estimate of drug-likeness (QED) is 0.463. The van der Waals surface area contributed by atoms with Gasteiger partial charge < -0.3 is 14.2 Å². The lowest BCUT2D eigenvalue weighted by molar-refractivity contribution is 0.0446. The van der Waals surface area contributed by atoms with Crippen LogP contribution in [0, 0.1) is 0 Å². The minimum atomic E-state index is -0.672. The Kier molecular flexibility index (Phi) is 4.79. The summed E-state index contributed by atoms with van der Waals surface area (Å²) in [4.78, 5) is 11.9. The van der Waals surface area contributed by atoms with E-state index in [1.807, 2.05) is 30.3 Å². The Hall–Kier alpha value is -3.27. The number of carbonyl (C=O) groups is 1. The Morgan fingerprint density at radius 3 is 2.26 bits per heavy atom. The lowest BCUT2D eigenvalue weighted by Crippen LogP contribution is -2.07. The second-order valence-electron chi connectivity index (χ2n) is 6.50. The van der Waals surface area contributed by atoms with E-state index in [9.17, 15) is 4.79 Å². The molecule has 0 spiro atoms. The van der Waals surface area contributed by atoms with E-state index < -0.39 is 6.16 Å². The summed E-state index contributed by atoms with van der Waals surface area (Å²) in [5.74, 6) is 0.764. The molecular formula is C23H20O4. The topological polar surface area (TPSA) is 44.8 Å². The molecule has 4 rings (SSSR count). The predicted octanol–water partition coefficient (Wildman–Crippen LogP) is 5.12. The van der Waals surface area contributed by atoms with E-state index in [-0.39, 0.29) is 13.2 Å². The van der Waals surface area contributed by atoms with E-state index in [1.54, 1.807) is 7.11 Å². The van der Waals surface area contributed by atoms with Crippen molar-refractivity contribution in [3.63, 3.8) is 0 Å². The summed E-state index contributed by atoms with van der Waals surface area (Å²) in [6.07, 6.45) is 0.246. The van der Waals surface area contributed by atoms with Crippen molar-refractivity contribution in [1.82, 2.24) is 0 Å². The summed E-state index contributed by atoms with van der Waals surface area (Å²) in [5.41, 5.74) is 7.00. The van der Waals surface area contributed by atoms with Crippen LogP contribution in [0.3, 0.4) is 0 Å². The zero-order valence-electron chi connectivity index (χ0n) is 15.1.